The van der Waals surface area contributed by atoms with E-state index in [1.807, 2.05) is 13.8 Å². The van der Waals surface area contributed by atoms with Crippen molar-refractivity contribution in [2.24, 2.45) is 5.41 Å². The predicted molar refractivity (Wildman–Crippen MR) is 69.3 cm³/mol. The molecule has 1 rings (SSSR count). The molecule has 1 aromatic carbocycles. The Morgan fingerprint density at radius 1 is 1.33 bits per heavy atom. The lowest BCUT2D eigenvalue weighted by molar-refractivity contribution is -0.146. The van der Waals surface area contributed by atoms with Gasteiger partial charge in [-0.25, -0.2) is 0 Å². The Bertz CT molecular complexity index is 475. The molecule has 18 heavy (non-hydrogen) atoms. The molecule has 0 heterocycles. The zero-order chi connectivity index (χ0) is 14.1. The lowest BCUT2D eigenvalue weighted by Crippen LogP contribution is -2.26. The van der Waals surface area contributed by atoms with Crippen LogP contribution in [0.5, 0.6) is 11.5 Å². The summed E-state index contributed by atoms with van der Waals surface area (Å²) in [4.78, 5) is 11.1. The summed E-state index contributed by atoms with van der Waals surface area (Å²) in [5.74, 6) is -0.351. The Morgan fingerprint density at radius 3 is 2.33 bits per heavy atom. The van der Waals surface area contributed by atoms with Gasteiger partial charge in [0.25, 0.3) is 0 Å². The van der Waals surface area contributed by atoms with Crippen molar-refractivity contribution < 1.29 is 19.7 Å². The van der Waals surface area contributed by atoms with Crippen LogP contribution in [0.15, 0.2) is 6.07 Å². The molecule has 0 aromatic heterocycles. The first-order chi connectivity index (χ1) is 8.20. The molecule has 1 aromatic rings. The highest BCUT2D eigenvalue weighted by Crippen LogP contribution is 2.36. The second-order valence-corrected chi connectivity index (χ2v) is 5.20. The van der Waals surface area contributed by atoms with Crippen LogP contribution in [0.4, 0.5) is 0 Å². The number of rotatable bonds is 4. The number of aliphatic carboxylic acids is 1. The summed E-state index contributed by atoms with van der Waals surface area (Å²) in [6, 6.07) is 1.59. The van der Waals surface area contributed by atoms with Gasteiger partial charge < -0.3 is 14.9 Å². The maximum absolute atomic E-state index is 11.1. The third kappa shape index (κ3) is 2.58. The molecule has 0 atom stereocenters. The first-order valence-corrected chi connectivity index (χ1v) is 5.80. The van der Waals surface area contributed by atoms with Crippen molar-refractivity contribution in [2.75, 3.05) is 7.11 Å². The van der Waals surface area contributed by atoms with Gasteiger partial charge in [0.1, 0.15) is 0 Å². The summed E-state index contributed by atoms with van der Waals surface area (Å²) in [5.41, 5.74) is 1.77. The van der Waals surface area contributed by atoms with E-state index in [0.29, 0.717) is 12.2 Å². The molecule has 0 amide bonds. The zero-order valence-corrected chi connectivity index (χ0v) is 11.5. The minimum absolute atomic E-state index is 0.0526. The lowest BCUT2D eigenvalue weighted by Gasteiger charge is -2.22. The molecule has 2 N–H and O–H groups in total. The topological polar surface area (TPSA) is 66.8 Å². The monoisotopic (exact) mass is 252 g/mol. The average Bonchev–Trinajstić information content (AvgIpc) is 2.25. The predicted octanol–water partition coefficient (Wildman–Crippen LogP) is 2.67. The van der Waals surface area contributed by atoms with Crippen LogP contribution in [0.25, 0.3) is 0 Å². The van der Waals surface area contributed by atoms with Gasteiger partial charge >= 0.3 is 5.97 Å². The van der Waals surface area contributed by atoms with Gasteiger partial charge in [-0.2, -0.15) is 0 Å². The molecule has 0 aliphatic rings. The maximum Gasteiger partial charge on any atom is 0.309 e. The second kappa shape index (κ2) is 4.88. The number of hydrogen-bond acceptors (Lipinski definition) is 3. The Balaban J connectivity index is 3.24. The van der Waals surface area contributed by atoms with Crippen molar-refractivity contribution in [3.8, 4) is 11.5 Å². The molecule has 0 fully saturated rings. The number of hydrogen-bond donors (Lipinski definition) is 2. The van der Waals surface area contributed by atoms with Crippen molar-refractivity contribution in [3.63, 3.8) is 0 Å². The summed E-state index contributed by atoms with van der Waals surface area (Å²) < 4.78 is 5.12. The highest BCUT2D eigenvalue weighted by atomic mass is 16.5. The van der Waals surface area contributed by atoms with Crippen LogP contribution < -0.4 is 4.74 Å². The molecule has 0 aliphatic heterocycles. The number of carbonyl (C=O) groups is 1. The first-order valence-electron chi connectivity index (χ1n) is 5.80. The fourth-order valence-corrected chi connectivity index (χ4v) is 1.94. The third-order valence-corrected chi connectivity index (χ3v) is 3.34. The van der Waals surface area contributed by atoms with Gasteiger partial charge in [-0.15, -0.1) is 0 Å². The van der Waals surface area contributed by atoms with Crippen molar-refractivity contribution in [1.82, 2.24) is 0 Å². The first kappa shape index (κ1) is 14.4. The summed E-state index contributed by atoms with van der Waals surface area (Å²) in [6.45, 7) is 7.10. The number of carboxylic acids is 1. The Morgan fingerprint density at radius 2 is 1.89 bits per heavy atom. The van der Waals surface area contributed by atoms with Crippen LogP contribution >= 0.6 is 0 Å². The van der Waals surface area contributed by atoms with Gasteiger partial charge in [0.2, 0.25) is 0 Å². The lowest BCUT2D eigenvalue weighted by atomic mass is 9.83. The van der Waals surface area contributed by atoms with E-state index in [0.717, 1.165) is 16.7 Å². The summed E-state index contributed by atoms with van der Waals surface area (Å²) in [5, 5.41) is 19.0. The van der Waals surface area contributed by atoms with Crippen molar-refractivity contribution in [1.29, 1.82) is 0 Å². The van der Waals surface area contributed by atoms with Gasteiger partial charge in [-0.05, 0) is 56.9 Å². The number of ether oxygens (including phenoxy) is 1. The van der Waals surface area contributed by atoms with Crippen molar-refractivity contribution in [2.45, 2.75) is 34.1 Å². The number of phenolic OH excluding ortho intramolecular Hbond substituents is 1. The highest BCUT2D eigenvalue weighted by molar-refractivity contribution is 5.74. The van der Waals surface area contributed by atoms with E-state index in [2.05, 4.69) is 0 Å². The summed E-state index contributed by atoms with van der Waals surface area (Å²) >= 11 is 0. The highest BCUT2D eigenvalue weighted by Gasteiger charge is 2.29. The molecular weight excluding hydrogens is 232 g/mol. The minimum Gasteiger partial charge on any atom is -0.504 e. The zero-order valence-electron chi connectivity index (χ0n) is 11.5. The summed E-state index contributed by atoms with van der Waals surface area (Å²) in [6.07, 6.45) is 0.368. The number of carboxylic acid groups (broad SMARTS) is 1. The molecule has 0 saturated carbocycles. The SMILES string of the molecule is COc1c(O)cc(CC(C)(C)C(=O)O)c(C)c1C. The van der Waals surface area contributed by atoms with E-state index in [4.69, 9.17) is 9.84 Å². The molecule has 4 nitrogen and oxygen atoms in total. The summed E-state index contributed by atoms with van der Waals surface area (Å²) in [7, 11) is 1.50. The Kier molecular flexibility index (Phi) is 3.89. The number of aromatic hydroxyl groups is 1. The minimum atomic E-state index is -0.863. The van der Waals surface area contributed by atoms with Crippen molar-refractivity contribution >= 4 is 5.97 Å². The standard InChI is InChI=1S/C14H20O4/c1-8-9(2)12(18-5)11(15)6-10(8)7-14(3,4)13(16)17/h6,15H,7H2,1-5H3,(H,16,17). The van der Waals surface area contributed by atoms with E-state index in [-0.39, 0.29) is 5.75 Å². The maximum atomic E-state index is 11.1. The van der Waals surface area contributed by atoms with E-state index in [1.54, 1.807) is 19.9 Å². The second-order valence-electron chi connectivity index (χ2n) is 5.20. The normalized spacial score (nSPS) is 11.4. The van der Waals surface area contributed by atoms with Crippen LogP contribution in [0.2, 0.25) is 0 Å². The van der Waals surface area contributed by atoms with Crippen LogP contribution in [0.1, 0.15) is 30.5 Å². The average molecular weight is 252 g/mol. The van der Waals surface area contributed by atoms with Gasteiger partial charge in [0.15, 0.2) is 11.5 Å². The van der Waals surface area contributed by atoms with E-state index in [9.17, 15) is 9.90 Å². The smallest absolute Gasteiger partial charge is 0.309 e. The quantitative estimate of drug-likeness (QED) is 0.864. The fraction of sp³-hybridized carbons (Fsp3) is 0.500. The molecular formula is C14H20O4. The molecule has 0 spiro atoms. The number of phenols is 1. The van der Waals surface area contributed by atoms with Crippen molar-refractivity contribution in [3.05, 3.63) is 22.8 Å². The van der Waals surface area contributed by atoms with Crippen LogP contribution in [-0.2, 0) is 11.2 Å². The molecule has 100 valence electrons. The third-order valence-electron chi connectivity index (χ3n) is 3.34. The van der Waals surface area contributed by atoms with Gasteiger partial charge in [0, 0.05) is 0 Å². The van der Waals surface area contributed by atoms with E-state index < -0.39 is 11.4 Å². The Hall–Kier alpha value is -1.71. The van der Waals surface area contributed by atoms with E-state index >= 15 is 0 Å². The van der Waals surface area contributed by atoms with Gasteiger partial charge in [-0.3, -0.25) is 4.79 Å². The largest absolute Gasteiger partial charge is 0.504 e. The molecule has 4 heteroatoms. The number of benzene rings is 1. The van der Waals surface area contributed by atoms with Crippen LogP contribution in [0, 0.1) is 19.3 Å². The fourth-order valence-electron chi connectivity index (χ4n) is 1.94. The molecule has 0 radical (unpaired) electrons. The van der Waals surface area contributed by atoms with Gasteiger partial charge in [0.05, 0.1) is 12.5 Å². The van der Waals surface area contributed by atoms with E-state index in [1.165, 1.54) is 7.11 Å². The van der Waals surface area contributed by atoms with Crippen LogP contribution in [0.3, 0.4) is 0 Å². The van der Waals surface area contributed by atoms with Gasteiger partial charge in [-0.1, -0.05) is 0 Å². The Labute approximate surface area is 107 Å². The molecule has 0 bridgehead atoms. The molecule has 0 aliphatic carbocycles. The number of methoxy groups -OCH3 is 1. The molecule has 0 saturated heterocycles. The molecule has 0 unspecified atom stereocenters. The van der Waals surface area contributed by atoms with Crippen LogP contribution in [-0.4, -0.2) is 23.3 Å².